The van der Waals surface area contributed by atoms with Gasteiger partial charge in [-0.15, -0.1) is 0 Å². The monoisotopic (exact) mass is 211 g/mol. The third-order valence-electron chi connectivity index (χ3n) is 2.80. The molecule has 2 N–H and O–H groups in total. The standard InChI is InChI=1S/C15H17N/c1-11(2)14-5-3-4-6-15(14)12-7-9-13(16)10-8-12/h3-11H,16H2,1-2H3. The molecule has 0 saturated carbocycles. The molecule has 1 nitrogen and oxygen atoms in total. The average Bonchev–Trinajstić information content (AvgIpc) is 2.30. The lowest BCUT2D eigenvalue weighted by Crippen LogP contribution is -1.92. The maximum atomic E-state index is 5.70. The Morgan fingerprint density at radius 3 is 2.12 bits per heavy atom. The molecule has 0 aliphatic carbocycles. The van der Waals surface area contributed by atoms with Crippen molar-refractivity contribution in [2.24, 2.45) is 0 Å². The molecule has 2 rings (SSSR count). The molecule has 0 radical (unpaired) electrons. The molecule has 0 aliphatic heterocycles. The Labute approximate surface area is 96.9 Å². The molecule has 0 fully saturated rings. The molecule has 0 spiro atoms. The molecule has 0 atom stereocenters. The molecule has 0 heterocycles. The number of nitrogen functional groups attached to an aromatic ring is 1. The summed E-state index contributed by atoms with van der Waals surface area (Å²) in [7, 11) is 0. The second-order valence-corrected chi connectivity index (χ2v) is 4.36. The third kappa shape index (κ3) is 2.08. The summed E-state index contributed by atoms with van der Waals surface area (Å²) in [6.45, 7) is 4.44. The fourth-order valence-electron chi connectivity index (χ4n) is 1.93. The summed E-state index contributed by atoms with van der Waals surface area (Å²) in [5.41, 5.74) is 10.4. The summed E-state index contributed by atoms with van der Waals surface area (Å²) in [6, 6.07) is 16.6. The van der Waals surface area contributed by atoms with Crippen LogP contribution in [0.5, 0.6) is 0 Å². The molecular weight excluding hydrogens is 194 g/mol. The first-order valence-electron chi connectivity index (χ1n) is 5.63. The lowest BCUT2D eigenvalue weighted by molar-refractivity contribution is 0.869. The minimum atomic E-state index is 0.536. The molecular formula is C15H17N. The van der Waals surface area contributed by atoms with Gasteiger partial charge in [-0.3, -0.25) is 0 Å². The quantitative estimate of drug-likeness (QED) is 0.745. The van der Waals surface area contributed by atoms with Gasteiger partial charge in [-0.2, -0.15) is 0 Å². The van der Waals surface area contributed by atoms with E-state index in [0.717, 1.165) is 5.69 Å². The van der Waals surface area contributed by atoms with Crippen LogP contribution in [0.15, 0.2) is 48.5 Å². The zero-order chi connectivity index (χ0) is 11.5. The molecule has 0 bridgehead atoms. The molecule has 0 amide bonds. The van der Waals surface area contributed by atoms with Crippen LogP contribution in [0, 0.1) is 0 Å². The third-order valence-corrected chi connectivity index (χ3v) is 2.80. The summed E-state index contributed by atoms with van der Waals surface area (Å²) in [4.78, 5) is 0. The summed E-state index contributed by atoms with van der Waals surface area (Å²) in [5, 5.41) is 0. The fourth-order valence-corrected chi connectivity index (χ4v) is 1.93. The molecule has 0 saturated heterocycles. The largest absolute Gasteiger partial charge is 0.399 e. The van der Waals surface area contributed by atoms with Crippen molar-refractivity contribution in [1.29, 1.82) is 0 Å². The first-order valence-corrected chi connectivity index (χ1v) is 5.63. The van der Waals surface area contributed by atoms with E-state index in [0.29, 0.717) is 5.92 Å². The highest BCUT2D eigenvalue weighted by atomic mass is 14.5. The van der Waals surface area contributed by atoms with Crippen LogP contribution in [0.25, 0.3) is 11.1 Å². The van der Waals surface area contributed by atoms with Gasteiger partial charge in [0.15, 0.2) is 0 Å². The van der Waals surface area contributed by atoms with Crippen LogP contribution in [0.2, 0.25) is 0 Å². The minimum absolute atomic E-state index is 0.536. The lowest BCUT2D eigenvalue weighted by atomic mass is 9.93. The summed E-state index contributed by atoms with van der Waals surface area (Å²) in [6.07, 6.45) is 0. The van der Waals surface area contributed by atoms with Crippen molar-refractivity contribution in [1.82, 2.24) is 0 Å². The molecule has 0 unspecified atom stereocenters. The number of nitrogens with two attached hydrogens (primary N) is 1. The van der Waals surface area contributed by atoms with E-state index >= 15 is 0 Å². The van der Waals surface area contributed by atoms with E-state index in [9.17, 15) is 0 Å². The molecule has 1 heteroatoms. The Morgan fingerprint density at radius 1 is 0.875 bits per heavy atom. The minimum Gasteiger partial charge on any atom is -0.399 e. The topological polar surface area (TPSA) is 26.0 Å². The Kier molecular flexibility index (Phi) is 2.95. The van der Waals surface area contributed by atoms with Gasteiger partial charge < -0.3 is 5.73 Å². The van der Waals surface area contributed by atoms with Crippen molar-refractivity contribution in [2.45, 2.75) is 19.8 Å². The maximum Gasteiger partial charge on any atom is 0.0314 e. The van der Waals surface area contributed by atoms with Gasteiger partial charge in [-0.05, 0) is 34.7 Å². The highest BCUT2D eigenvalue weighted by Gasteiger charge is 2.06. The molecule has 0 aliphatic rings. The van der Waals surface area contributed by atoms with Crippen LogP contribution >= 0.6 is 0 Å². The maximum absolute atomic E-state index is 5.70. The van der Waals surface area contributed by atoms with Crippen molar-refractivity contribution in [3.8, 4) is 11.1 Å². The van der Waals surface area contributed by atoms with Gasteiger partial charge in [0.2, 0.25) is 0 Å². The highest BCUT2D eigenvalue weighted by molar-refractivity contribution is 5.69. The van der Waals surface area contributed by atoms with Crippen molar-refractivity contribution in [2.75, 3.05) is 5.73 Å². The second-order valence-electron chi connectivity index (χ2n) is 4.36. The fraction of sp³-hybridized carbons (Fsp3) is 0.200. The summed E-state index contributed by atoms with van der Waals surface area (Å²) in [5.74, 6) is 0.536. The Hall–Kier alpha value is -1.76. The average molecular weight is 211 g/mol. The van der Waals surface area contributed by atoms with Crippen molar-refractivity contribution in [3.63, 3.8) is 0 Å². The van der Waals surface area contributed by atoms with Crippen LogP contribution in [0.3, 0.4) is 0 Å². The molecule has 2 aromatic carbocycles. The van der Waals surface area contributed by atoms with E-state index in [1.54, 1.807) is 0 Å². The van der Waals surface area contributed by atoms with Crippen LogP contribution in [-0.4, -0.2) is 0 Å². The van der Waals surface area contributed by atoms with Crippen molar-refractivity contribution < 1.29 is 0 Å². The SMILES string of the molecule is CC(C)c1ccccc1-c1ccc(N)cc1. The van der Waals surface area contributed by atoms with Gasteiger partial charge in [0.25, 0.3) is 0 Å². The number of hydrogen-bond donors (Lipinski definition) is 1. The van der Waals surface area contributed by atoms with E-state index in [1.165, 1.54) is 16.7 Å². The van der Waals surface area contributed by atoms with E-state index in [-0.39, 0.29) is 0 Å². The van der Waals surface area contributed by atoms with E-state index < -0.39 is 0 Å². The normalized spacial score (nSPS) is 10.7. The van der Waals surface area contributed by atoms with Gasteiger partial charge in [0.1, 0.15) is 0 Å². The van der Waals surface area contributed by atoms with Gasteiger partial charge in [0, 0.05) is 5.69 Å². The predicted molar refractivity (Wildman–Crippen MR) is 70.4 cm³/mol. The number of anilines is 1. The molecule has 16 heavy (non-hydrogen) atoms. The predicted octanol–water partition coefficient (Wildman–Crippen LogP) is 4.06. The second kappa shape index (κ2) is 4.40. The van der Waals surface area contributed by atoms with E-state index in [4.69, 9.17) is 5.73 Å². The first kappa shape index (κ1) is 10.7. The Morgan fingerprint density at radius 2 is 1.50 bits per heavy atom. The number of hydrogen-bond acceptors (Lipinski definition) is 1. The van der Waals surface area contributed by atoms with Crippen LogP contribution in [0.1, 0.15) is 25.3 Å². The Bertz CT molecular complexity index is 469. The van der Waals surface area contributed by atoms with Crippen LogP contribution < -0.4 is 5.73 Å². The van der Waals surface area contributed by atoms with E-state index in [2.05, 4.69) is 50.2 Å². The zero-order valence-corrected chi connectivity index (χ0v) is 9.77. The Balaban J connectivity index is 2.51. The zero-order valence-electron chi connectivity index (χ0n) is 9.77. The van der Waals surface area contributed by atoms with Gasteiger partial charge in [-0.25, -0.2) is 0 Å². The van der Waals surface area contributed by atoms with Crippen molar-refractivity contribution in [3.05, 3.63) is 54.1 Å². The van der Waals surface area contributed by atoms with E-state index in [1.807, 2.05) is 12.1 Å². The number of benzene rings is 2. The van der Waals surface area contributed by atoms with Gasteiger partial charge >= 0.3 is 0 Å². The smallest absolute Gasteiger partial charge is 0.0314 e. The van der Waals surface area contributed by atoms with Crippen molar-refractivity contribution >= 4 is 5.69 Å². The van der Waals surface area contributed by atoms with Crippen LogP contribution in [-0.2, 0) is 0 Å². The van der Waals surface area contributed by atoms with Gasteiger partial charge in [-0.1, -0.05) is 50.2 Å². The molecule has 2 aromatic rings. The summed E-state index contributed by atoms with van der Waals surface area (Å²) < 4.78 is 0. The van der Waals surface area contributed by atoms with Crippen LogP contribution in [0.4, 0.5) is 5.69 Å². The molecule has 0 aromatic heterocycles. The lowest BCUT2D eigenvalue weighted by Gasteiger charge is -2.12. The first-order chi connectivity index (χ1) is 7.68. The summed E-state index contributed by atoms with van der Waals surface area (Å²) >= 11 is 0. The van der Waals surface area contributed by atoms with Gasteiger partial charge in [0.05, 0.1) is 0 Å². The molecule has 82 valence electrons. The highest BCUT2D eigenvalue weighted by Crippen LogP contribution is 2.29. The number of rotatable bonds is 2.